The molecule has 2 heteroatoms. The van der Waals surface area contributed by atoms with Gasteiger partial charge in [0.1, 0.15) is 0 Å². The van der Waals surface area contributed by atoms with E-state index >= 15 is 0 Å². The fraction of sp³-hybridized carbons (Fsp3) is 1.00. The van der Waals surface area contributed by atoms with E-state index in [4.69, 9.17) is 5.73 Å². The molecule has 0 aromatic heterocycles. The van der Waals surface area contributed by atoms with Crippen LogP contribution in [0, 0.1) is 0 Å². The van der Waals surface area contributed by atoms with Crippen molar-refractivity contribution in [2.24, 2.45) is 5.73 Å². The maximum Gasteiger partial charge on any atom is 0.0104 e. The van der Waals surface area contributed by atoms with Crippen LogP contribution in [0.3, 0.4) is 0 Å². The van der Waals surface area contributed by atoms with E-state index in [0.29, 0.717) is 0 Å². The minimum Gasteiger partial charge on any atom is -0.329 e. The van der Waals surface area contributed by atoms with E-state index in [0.717, 1.165) is 19.6 Å². The zero-order valence-corrected chi connectivity index (χ0v) is 12.9. The minimum atomic E-state index is 0.797. The molecule has 0 radical (unpaired) electrons. The molecule has 0 aromatic rings. The molecule has 0 saturated carbocycles. The SMILES string of the molecule is CCCCCCCCCCCCN(CC)CCN. The van der Waals surface area contributed by atoms with Crippen LogP contribution in [0.2, 0.25) is 0 Å². The second kappa shape index (κ2) is 15.0. The molecule has 0 amide bonds. The van der Waals surface area contributed by atoms with Gasteiger partial charge in [0.25, 0.3) is 0 Å². The first-order valence-electron chi connectivity index (χ1n) is 8.27. The van der Waals surface area contributed by atoms with Gasteiger partial charge in [-0.25, -0.2) is 0 Å². The zero-order chi connectivity index (χ0) is 13.5. The smallest absolute Gasteiger partial charge is 0.0104 e. The third kappa shape index (κ3) is 12.4. The summed E-state index contributed by atoms with van der Waals surface area (Å²) in [5.74, 6) is 0. The molecule has 0 aliphatic rings. The molecular weight excluding hydrogens is 220 g/mol. The van der Waals surface area contributed by atoms with Crippen molar-refractivity contribution < 1.29 is 0 Å². The largest absolute Gasteiger partial charge is 0.329 e. The normalized spacial score (nSPS) is 11.3. The molecule has 0 atom stereocenters. The molecule has 2 nitrogen and oxygen atoms in total. The summed E-state index contributed by atoms with van der Waals surface area (Å²) in [6.45, 7) is 8.76. The Kier molecular flexibility index (Phi) is 14.9. The second-order valence-electron chi connectivity index (χ2n) is 5.40. The van der Waals surface area contributed by atoms with E-state index in [1.54, 1.807) is 0 Å². The van der Waals surface area contributed by atoms with E-state index in [9.17, 15) is 0 Å². The summed E-state index contributed by atoms with van der Waals surface area (Å²) >= 11 is 0. The number of unbranched alkanes of at least 4 members (excludes halogenated alkanes) is 9. The molecule has 0 aliphatic carbocycles. The molecule has 2 N–H and O–H groups in total. The number of nitrogens with zero attached hydrogens (tertiary/aromatic N) is 1. The summed E-state index contributed by atoms with van der Waals surface area (Å²) in [6, 6.07) is 0. The molecule has 0 rings (SSSR count). The van der Waals surface area contributed by atoms with Crippen LogP contribution in [-0.4, -0.2) is 31.1 Å². The Bertz CT molecular complexity index is 148. The van der Waals surface area contributed by atoms with E-state index < -0.39 is 0 Å². The lowest BCUT2D eigenvalue weighted by Crippen LogP contribution is -2.30. The fourth-order valence-corrected chi connectivity index (χ4v) is 2.43. The predicted octanol–water partition coefficient (Wildman–Crippen LogP) is 4.19. The highest BCUT2D eigenvalue weighted by Gasteiger charge is 1.99. The van der Waals surface area contributed by atoms with Gasteiger partial charge >= 0.3 is 0 Å². The van der Waals surface area contributed by atoms with Crippen LogP contribution in [0.15, 0.2) is 0 Å². The van der Waals surface area contributed by atoms with Crippen molar-refractivity contribution in [3.63, 3.8) is 0 Å². The van der Waals surface area contributed by atoms with Crippen LogP contribution in [0.25, 0.3) is 0 Å². The van der Waals surface area contributed by atoms with E-state index in [1.165, 1.54) is 70.8 Å². The Morgan fingerprint density at radius 3 is 1.61 bits per heavy atom. The van der Waals surface area contributed by atoms with Gasteiger partial charge in [0.15, 0.2) is 0 Å². The van der Waals surface area contributed by atoms with Crippen molar-refractivity contribution in [1.82, 2.24) is 4.90 Å². The summed E-state index contributed by atoms with van der Waals surface area (Å²) in [7, 11) is 0. The third-order valence-corrected chi connectivity index (χ3v) is 3.72. The quantitative estimate of drug-likeness (QED) is 0.472. The highest BCUT2D eigenvalue weighted by Crippen LogP contribution is 2.10. The highest BCUT2D eigenvalue weighted by atomic mass is 15.1. The first-order chi connectivity index (χ1) is 8.85. The third-order valence-electron chi connectivity index (χ3n) is 3.72. The van der Waals surface area contributed by atoms with Crippen molar-refractivity contribution in [3.8, 4) is 0 Å². The van der Waals surface area contributed by atoms with Gasteiger partial charge in [0, 0.05) is 13.1 Å². The molecule has 0 aliphatic heterocycles. The van der Waals surface area contributed by atoms with E-state index in [2.05, 4.69) is 18.7 Å². The van der Waals surface area contributed by atoms with Gasteiger partial charge in [-0.1, -0.05) is 71.6 Å². The fourth-order valence-electron chi connectivity index (χ4n) is 2.43. The first kappa shape index (κ1) is 17.9. The molecule has 0 aromatic carbocycles. The summed E-state index contributed by atoms with van der Waals surface area (Å²) in [4.78, 5) is 2.46. The summed E-state index contributed by atoms with van der Waals surface area (Å²) in [5.41, 5.74) is 5.58. The molecule has 110 valence electrons. The van der Waals surface area contributed by atoms with Gasteiger partial charge in [-0.05, 0) is 19.5 Å². The summed E-state index contributed by atoms with van der Waals surface area (Å²) < 4.78 is 0. The maximum atomic E-state index is 5.58. The Hall–Kier alpha value is -0.0800. The monoisotopic (exact) mass is 256 g/mol. The van der Waals surface area contributed by atoms with Crippen molar-refractivity contribution in [2.45, 2.75) is 78.1 Å². The lowest BCUT2D eigenvalue weighted by molar-refractivity contribution is 0.288. The average Bonchev–Trinajstić information content (AvgIpc) is 2.39. The summed E-state index contributed by atoms with van der Waals surface area (Å²) in [5, 5.41) is 0. The van der Waals surface area contributed by atoms with E-state index in [1.807, 2.05) is 0 Å². The van der Waals surface area contributed by atoms with Crippen molar-refractivity contribution in [2.75, 3.05) is 26.2 Å². The molecule has 0 bridgehead atoms. The molecular formula is C16H36N2. The predicted molar refractivity (Wildman–Crippen MR) is 83.0 cm³/mol. The standard InChI is InChI=1S/C16H36N2/c1-3-5-6-7-8-9-10-11-12-13-15-18(4-2)16-14-17/h3-17H2,1-2H3. The van der Waals surface area contributed by atoms with Crippen LogP contribution < -0.4 is 5.73 Å². The van der Waals surface area contributed by atoms with Crippen LogP contribution in [-0.2, 0) is 0 Å². The van der Waals surface area contributed by atoms with E-state index in [-0.39, 0.29) is 0 Å². The topological polar surface area (TPSA) is 29.3 Å². The molecule has 18 heavy (non-hydrogen) atoms. The summed E-state index contributed by atoms with van der Waals surface area (Å²) in [6.07, 6.45) is 14.2. The lowest BCUT2D eigenvalue weighted by Gasteiger charge is -2.18. The zero-order valence-electron chi connectivity index (χ0n) is 12.9. The van der Waals surface area contributed by atoms with Gasteiger partial charge < -0.3 is 10.6 Å². The number of nitrogens with two attached hydrogens (primary N) is 1. The Morgan fingerprint density at radius 1 is 0.667 bits per heavy atom. The lowest BCUT2D eigenvalue weighted by atomic mass is 10.1. The van der Waals surface area contributed by atoms with Crippen LogP contribution in [0.5, 0.6) is 0 Å². The molecule has 0 unspecified atom stereocenters. The van der Waals surface area contributed by atoms with Crippen molar-refractivity contribution >= 4 is 0 Å². The highest BCUT2D eigenvalue weighted by molar-refractivity contribution is 4.56. The number of hydrogen-bond acceptors (Lipinski definition) is 2. The van der Waals surface area contributed by atoms with Crippen molar-refractivity contribution in [3.05, 3.63) is 0 Å². The number of hydrogen-bond donors (Lipinski definition) is 1. The van der Waals surface area contributed by atoms with Gasteiger partial charge in [-0.15, -0.1) is 0 Å². The van der Waals surface area contributed by atoms with Crippen LogP contribution in [0.4, 0.5) is 0 Å². The molecule has 0 saturated heterocycles. The number of likely N-dealkylation sites (N-methyl/N-ethyl adjacent to an activating group) is 1. The molecule has 0 heterocycles. The van der Waals surface area contributed by atoms with Gasteiger partial charge in [-0.3, -0.25) is 0 Å². The Balaban J connectivity index is 3.10. The van der Waals surface area contributed by atoms with Gasteiger partial charge in [0.2, 0.25) is 0 Å². The van der Waals surface area contributed by atoms with Gasteiger partial charge in [0.05, 0.1) is 0 Å². The van der Waals surface area contributed by atoms with Crippen molar-refractivity contribution in [1.29, 1.82) is 0 Å². The molecule has 0 spiro atoms. The first-order valence-corrected chi connectivity index (χ1v) is 8.27. The Labute approximate surface area is 115 Å². The van der Waals surface area contributed by atoms with Crippen LogP contribution in [0.1, 0.15) is 78.1 Å². The molecule has 0 fully saturated rings. The number of rotatable bonds is 14. The minimum absolute atomic E-state index is 0.797. The van der Waals surface area contributed by atoms with Crippen LogP contribution >= 0.6 is 0 Å². The maximum absolute atomic E-state index is 5.58. The average molecular weight is 256 g/mol. The second-order valence-corrected chi connectivity index (χ2v) is 5.40. The Morgan fingerprint density at radius 2 is 1.17 bits per heavy atom. The van der Waals surface area contributed by atoms with Gasteiger partial charge in [-0.2, -0.15) is 0 Å².